The van der Waals surface area contributed by atoms with Crippen molar-refractivity contribution in [3.05, 3.63) is 150 Å². The van der Waals surface area contributed by atoms with Gasteiger partial charge in [-0.05, 0) is 132 Å². The summed E-state index contributed by atoms with van der Waals surface area (Å²) in [6, 6.07) is 43.3. The van der Waals surface area contributed by atoms with Gasteiger partial charge < -0.3 is 28.5 Å². The van der Waals surface area contributed by atoms with Crippen molar-refractivity contribution in [2.24, 2.45) is 0 Å². The number of hydrogen-bond donors (Lipinski definition) is 1. The Morgan fingerprint density at radius 2 is 0.860 bits per heavy atom. The van der Waals surface area contributed by atoms with Crippen LogP contribution in [-0.2, 0) is 0 Å². The van der Waals surface area contributed by atoms with E-state index < -0.39 is 0 Å². The summed E-state index contributed by atoms with van der Waals surface area (Å²) >= 11 is 0. The van der Waals surface area contributed by atoms with Crippen LogP contribution in [0.15, 0.2) is 127 Å². The lowest BCUT2D eigenvalue weighted by molar-refractivity contribution is 0.414. The lowest BCUT2D eigenvalue weighted by Gasteiger charge is -2.14. The lowest BCUT2D eigenvalue weighted by atomic mass is 9.93. The Balaban J connectivity index is 0.00000455. The summed E-state index contributed by atoms with van der Waals surface area (Å²) in [5, 5.41) is 0. The molecule has 0 amide bonds. The highest BCUT2D eigenvalue weighted by molar-refractivity contribution is 6.11. The van der Waals surface area contributed by atoms with Crippen LogP contribution >= 0.6 is 0 Å². The molecule has 5 heterocycles. The Morgan fingerprint density at radius 1 is 0.439 bits per heavy atom. The largest absolute Gasteiger partial charge is 0.497 e. The third-order valence-corrected chi connectivity index (χ3v) is 10.1. The molecule has 2 aliphatic rings. The van der Waals surface area contributed by atoms with Gasteiger partial charge in [0.15, 0.2) is 0 Å². The van der Waals surface area contributed by atoms with E-state index in [-0.39, 0.29) is 17.4 Å². The molecule has 7 aromatic rings. The number of ether oxygens (including phenoxy) is 4. The molecule has 0 spiro atoms. The fourth-order valence-electron chi connectivity index (χ4n) is 7.43. The Hall–Kier alpha value is -6.79. The minimum Gasteiger partial charge on any atom is -0.497 e. The van der Waals surface area contributed by atoms with Crippen LogP contribution in [0.3, 0.4) is 0 Å². The third kappa shape index (κ3) is 7.11. The van der Waals surface area contributed by atoms with E-state index in [1.807, 2.05) is 54.6 Å². The van der Waals surface area contributed by atoms with Crippen molar-refractivity contribution in [3.8, 4) is 62.1 Å². The maximum atomic E-state index is 5.65. The highest BCUT2D eigenvalue weighted by Crippen LogP contribution is 2.48. The molecule has 8 nitrogen and oxygen atoms in total. The second-order valence-electron chi connectivity index (χ2n) is 13.4. The zero-order valence-corrected chi connectivity index (χ0v) is 33.1. The number of nitrogens with one attached hydrogen (secondary N) is 1. The van der Waals surface area contributed by atoms with Crippen molar-refractivity contribution in [3.63, 3.8) is 0 Å². The highest BCUT2D eigenvalue weighted by atomic mass is 27.0. The zero-order valence-electron chi connectivity index (χ0n) is 32.0. The monoisotopic (exact) mass is 761 g/mol. The average Bonchev–Trinajstić information content (AvgIpc) is 4.06. The number of aromatic nitrogens is 4. The van der Waals surface area contributed by atoms with Crippen molar-refractivity contribution in [1.82, 2.24) is 19.5 Å². The number of H-pyrrole nitrogens is 1. The molecule has 8 bridgehead atoms. The first kappa shape index (κ1) is 37.2. The summed E-state index contributed by atoms with van der Waals surface area (Å²) in [6.07, 6.45) is 8.28. The highest BCUT2D eigenvalue weighted by Gasteiger charge is 2.26. The Kier molecular flexibility index (Phi) is 10.3. The predicted molar refractivity (Wildman–Crippen MR) is 232 cm³/mol. The Bertz CT molecular complexity index is 2820. The molecule has 9 rings (SSSR count). The first-order valence-corrected chi connectivity index (χ1v) is 18.3. The van der Waals surface area contributed by atoms with Gasteiger partial charge >= 0.3 is 0 Å². The van der Waals surface area contributed by atoms with Crippen LogP contribution < -0.4 is 18.9 Å². The van der Waals surface area contributed by atoms with Gasteiger partial charge in [0.05, 0.1) is 62.2 Å². The number of rotatable bonds is 8. The molecule has 0 aliphatic carbocycles. The number of aromatic amines is 1. The minimum atomic E-state index is 0. The van der Waals surface area contributed by atoms with Crippen molar-refractivity contribution >= 4 is 63.7 Å². The second-order valence-corrected chi connectivity index (χ2v) is 13.4. The van der Waals surface area contributed by atoms with Crippen molar-refractivity contribution < 1.29 is 18.9 Å². The van der Waals surface area contributed by atoms with E-state index in [1.165, 1.54) is 0 Å². The fraction of sp³-hybridized carbons (Fsp3) is 0.0833. The summed E-state index contributed by atoms with van der Waals surface area (Å²) in [6.45, 7) is 0. The second kappa shape index (κ2) is 15.8. The summed E-state index contributed by atoms with van der Waals surface area (Å²) in [4.78, 5) is 14.0. The van der Waals surface area contributed by atoms with Gasteiger partial charge in [-0.3, -0.25) is 0 Å². The Morgan fingerprint density at radius 3 is 1.37 bits per heavy atom. The van der Waals surface area contributed by atoms with Gasteiger partial charge in [-0.15, -0.1) is 0 Å². The summed E-state index contributed by atoms with van der Waals surface area (Å²) in [5.74, 6) is 3.06. The first-order valence-electron chi connectivity index (χ1n) is 18.3. The normalized spacial score (nSPS) is 11.6. The number of fused-ring (bicyclic) bond motifs is 8. The van der Waals surface area contributed by atoms with Crippen molar-refractivity contribution in [2.45, 2.75) is 0 Å². The average molecular weight is 762 g/mol. The van der Waals surface area contributed by atoms with Crippen LogP contribution in [-0.4, -0.2) is 65.3 Å². The maximum absolute atomic E-state index is 5.65. The molecule has 57 heavy (non-hydrogen) atoms. The molecule has 9 heteroatoms. The van der Waals surface area contributed by atoms with E-state index >= 15 is 0 Å². The van der Waals surface area contributed by atoms with Crippen LogP contribution in [0, 0.1) is 0 Å². The van der Waals surface area contributed by atoms with E-state index in [4.69, 9.17) is 28.9 Å². The van der Waals surface area contributed by atoms with Gasteiger partial charge in [0.2, 0.25) is 0 Å². The van der Waals surface area contributed by atoms with Gasteiger partial charge in [-0.25, -0.2) is 9.97 Å². The van der Waals surface area contributed by atoms with Gasteiger partial charge in [-0.2, -0.15) is 0 Å². The molecule has 0 fully saturated rings. The topological polar surface area (TPSA) is 83.4 Å². The van der Waals surface area contributed by atoms with Gasteiger partial charge in [-0.1, -0.05) is 36.4 Å². The molecular formula is C48H38AlN4O4. The first-order chi connectivity index (χ1) is 27.5. The van der Waals surface area contributed by atoms with Gasteiger partial charge in [0.1, 0.15) is 23.0 Å². The molecule has 0 unspecified atom stereocenters. The molecule has 277 valence electrons. The number of methoxy groups -OCH3 is 4. The van der Waals surface area contributed by atoms with Crippen LogP contribution in [0.5, 0.6) is 23.0 Å². The maximum Gasteiger partial charge on any atom is 0.119 e. The number of hydrogen-bond acceptors (Lipinski definition) is 6. The van der Waals surface area contributed by atoms with Gasteiger partial charge in [0, 0.05) is 50.8 Å². The smallest absolute Gasteiger partial charge is 0.119 e. The molecule has 2 aliphatic heterocycles. The van der Waals surface area contributed by atoms with Crippen LogP contribution in [0.1, 0.15) is 22.8 Å². The van der Waals surface area contributed by atoms with E-state index in [0.717, 1.165) is 107 Å². The van der Waals surface area contributed by atoms with Crippen molar-refractivity contribution in [2.75, 3.05) is 28.4 Å². The molecule has 3 aromatic heterocycles. The standard InChI is InChI=1S/C48H38N4O4.Al/c1-53-39-18-5-30(6-19-39)45-43-26-15-36(51-43)28-35-12-11-33(49-35)27-34-13-14-37(50-34)29-44-46(31-7-20-40(54-2)21-8-31)47(32-9-22-41(55-3)23-10-32)48(45)52(44)38-16-24-42(56-4)25-17-38;/h5-29,49H,1-4H3;. The molecular weight excluding hydrogens is 724 g/mol. The minimum absolute atomic E-state index is 0. The lowest BCUT2D eigenvalue weighted by Crippen LogP contribution is -1.98. The fourth-order valence-corrected chi connectivity index (χ4v) is 7.43. The third-order valence-electron chi connectivity index (χ3n) is 10.1. The molecule has 0 atom stereocenters. The van der Waals surface area contributed by atoms with Crippen LogP contribution in [0.25, 0.3) is 85.4 Å². The number of benzene rings is 4. The Labute approximate surface area is 341 Å². The predicted octanol–water partition coefficient (Wildman–Crippen LogP) is 10.8. The SMILES string of the molecule is COc1ccc(-c2c(-c3ccc(OC)cc3)c3c(-c4ccc(OC)cc4)c4nc(cc5ccc(cc6nc(cc2n3-c2ccc(OC)cc2)C=C6)[nH]5)C=C4)cc1.[Al]. The quantitative estimate of drug-likeness (QED) is 0.155. The molecule has 0 saturated heterocycles. The van der Waals surface area contributed by atoms with E-state index in [2.05, 4.69) is 107 Å². The zero-order chi connectivity index (χ0) is 38.2. The summed E-state index contributed by atoms with van der Waals surface area (Å²) in [5.41, 5.74) is 14.0. The molecule has 1 N–H and O–H groups in total. The molecule has 0 saturated carbocycles. The van der Waals surface area contributed by atoms with Gasteiger partial charge in [0.25, 0.3) is 0 Å². The molecule has 3 radical (unpaired) electrons. The molecule has 4 aromatic carbocycles. The summed E-state index contributed by atoms with van der Waals surface area (Å²) < 4.78 is 24.9. The van der Waals surface area contributed by atoms with E-state index in [1.54, 1.807) is 28.4 Å². The van der Waals surface area contributed by atoms with Crippen molar-refractivity contribution in [1.29, 1.82) is 0 Å². The van der Waals surface area contributed by atoms with E-state index in [0.29, 0.717) is 0 Å². The number of nitrogens with zero attached hydrogens (tertiary/aromatic N) is 3. The van der Waals surface area contributed by atoms with Crippen LogP contribution in [0.2, 0.25) is 0 Å². The van der Waals surface area contributed by atoms with E-state index in [9.17, 15) is 0 Å². The summed E-state index contributed by atoms with van der Waals surface area (Å²) in [7, 11) is 6.74. The van der Waals surface area contributed by atoms with Crippen LogP contribution in [0.4, 0.5) is 0 Å².